The quantitative estimate of drug-likeness (QED) is 0.398. The molecule has 2 aliphatic heterocycles. The average molecular weight is 624 g/mol. The first-order chi connectivity index (χ1) is 21.4. The summed E-state index contributed by atoms with van der Waals surface area (Å²) in [5.74, 6) is 0.912. The molecule has 1 aromatic heterocycles. The molecule has 45 heavy (non-hydrogen) atoms. The van der Waals surface area contributed by atoms with Crippen molar-refractivity contribution in [2.45, 2.75) is 109 Å². The number of benzene rings is 1. The summed E-state index contributed by atoms with van der Waals surface area (Å²) in [6.45, 7) is 12.8. The van der Waals surface area contributed by atoms with Gasteiger partial charge in [-0.2, -0.15) is 0 Å². The number of aromatic nitrogens is 2. The van der Waals surface area contributed by atoms with Gasteiger partial charge in [-0.05, 0) is 134 Å². The van der Waals surface area contributed by atoms with Gasteiger partial charge in [-0.3, -0.25) is 24.0 Å². The Hall–Kier alpha value is -3.14. The number of rotatable bonds is 8. The van der Waals surface area contributed by atoms with E-state index in [9.17, 15) is 19.2 Å². The number of piperidine rings is 2. The smallest absolute Gasteiger partial charge is 0.410 e. The topological polar surface area (TPSA) is 106 Å². The number of likely N-dealkylation sites (tertiary alicyclic amines) is 2. The standard InChI is InChI=1S/C35H53N5O5/c1-25(6-9-31(42)36-24-41)40-29-8-7-28(22-30(29)37(5)32(40)43)27-12-18-38(19-13-27)23-26-10-14-35(15-11-26)16-20-39(21-17-35)33(44)45-34(2,3)4/h7-8,22,24-27H,6,9-21,23H2,1-5H3,(H,36,41,42). The Bertz CT molecular complexity index is 1410. The largest absolute Gasteiger partial charge is 0.444 e. The van der Waals surface area contributed by atoms with Gasteiger partial charge in [0, 0.05) is 39.1 Å². The van der Waals surface area contributed by atoms with Gasteiger partial charge in [0.25, 0.3) is 0 Å². The minimum Gasteiger partial charge on any atom is -0.444 e. The molecular weight excluding hydrogens is 570 g/mol. The fraction of sp³-hybridized carbons (Fsp3) is 0.714. The molecule has 1 aliphatic carbocycles. The number of imidazole rings is 1. The number of amides is 3. The van der Waals surface area contributed by atoms with Crippen LogP contribution >= 0.6 is 0 Å². The van der Waals surface area contributed by atoms with Crippen molar-refractivity contribution in [3.05, 3.63) is 34.2 Å². The molecule has 0 radical (unpaired) electrons. The van der Waals surface area contributed by atoms with Crippen LogP contribution in [0.2, 0.25) is 0 Å². The lowest BCUT2D eigenvalue weighted by molar-refractivity contribution is -0.125. The van der Waals surface area contributed by atoms with E-state index in [-0.39, 0.29) is 30.2 Å². The Morgan fingerprint density at radius 1 is 1.02 bits per heavy atom. The maximum atomic E-state index is 13.1. The molecule has 5 rings (SSSR count). The highest BCUT2D eigenvalue weighted by Crippen LogP contribution is 2.47. The Morgan fingerprint density at radius 3 is 2.31 bits per heavy atom. The highest BCUT2D eigenvalue weighted by Gasteiger charge is 2.40. The fourth-order valence-corrected chi connectivity index (χ4v) is 7.94. The zero-order valence-corrected chi connectivity index (χ0v) is 28.0. The number of ether oxygens (including phenoxy) is 1. The van der Waals surface area contributed by atoms with Crippen LogP contribution in [0.4, 0.5) is 4.79 Å². The van der Waals surface area contributed by atoms with Crippen LogP contribution in [0.3, 0.4) is 0 Å². The van der Waals surface area contributed by atoms with Crippen molar-refractivity contribution in [2.75, 3.05) is 32.7 Å². The van der Waals surface area contributed by atoms with Crippen LogP contribution in [0.5, 0.6) is 0 Å². The molecule has 10 heteroatoms. The number of hydrogen-bond donors (Lipinski definition) is 1. The lowest BCUT2D eigenvalue weighted by Gasteiger charge is -2.46. The second-order valence-electron chi connectivity index (χ2n) is 15.0. The Morgan fingerprint density at radius 2 is 1.69 bits per heavy atom. The first kappa shape index (κ1) is 33.2. The van der Waals surface area contributed by atoms with Gasteiger partial charge in [-0.25, -0.2) is 9.59 Å². The summed E-state index contributed by atoms with van der Waals surface area (Å²) in [4.78, 5) is 52.5. The number of aryl methyl sites for hydroxylation is 1. The molecule has 3 aliphatic rings. The van der Waals surface area contributed by atoms with E-state index in [2.05, 4.69) is 28.4 Å². The van der Waals surface area contributed by atoms with Crippen molar-refractivity contribution < 1.29 is 19.1 Å². The summed E-state index contributed by atoms with van der Waals surface area (Å²) in [6, 6.07) is 6.27. The predicted molar refractivity (Wildman–Crippen MR) is 175 cm³/mol. The van der Waals surface area contributed by atoms with Gasteiger partial charge < -0.3 is 14.5 Å². The van der Waals surface area contributed by atoms with E-state index in [0.29, 0.717) is 24.2 Å². The summed E-state index contributed by atoms with van der Waals surface area (Å²) < 4.78 is 9.08. The predicted octanol–water partition coefficient (Wildman–Crippen LogP) is 5.34. The van der Waals surface area contributed by atoms with Gasteiger partial charge in [0.1, 0.15) is 5.60 Å². The van der Waals surface area contributed by atoms with Gasteiger partial charge in [-0.15, -0.1) is 0 Å². The van der Waals surface area contributed by atoms with Crippen LogP contribution in [-0.4, -0.2) is 75.7 Å². The Kier molecular flexibility index (Phi) is 10.1. The van der Waals surface area contributed by atoms with Crippen molar-refractivity contribution in [3.8, 4) is 0 Å². The van der Waals surface area contributed by atoms with Crippen molar-refractivity contribution in [1.82, 2.24) is 24.3 Å². The molecule has 3 heterocycles. The molecule has 3 amide bonds. The van der Waals surface area contributed by atoms with E-state index in [4.69, 9.17) is 4.74 Å². The van der Waals surface area contributed by atoms with Crippen LogP contribution in [-0.2, 0) is 21.4 Å². The van der Waals surface area contributed by atoms with E-state index in [1.807, 2.05) is 39.6 Å². The van der Waals surface area contributed by atoms with Gasteiger partial charge in [0.15, 0.2) is 0 Å². The molecule has 1 aromatic carbocycles. The molecule has 1 atom stereocenters. The highest BCUT2D eigenvalue weighted by molar-refractivity contribution is 5.85. The molecule has 0 bridgehead atoms. The first-order valence-electron chi connectivity index (χ1n) is 17.0. The molecule has 248 valence electrons. The van der Waals surface area contributed by atoms with Gasteiger partial charge >= 0.3 is 11.8 Å². The average Bonchev–Trinajstić information content (AvgIpc) is 3.26. The molecular formula is C35H53N5O5. The maximum Gasteiger partial charge on any atom is 0.410 e. The third kappa shape index (κ3) is 7.81. The SMILES string of the molecule is CC(CCC(=O)NC=O)n1c(=O)n(C)c2cc(C3CCN(CC4CCC5(CC4)CCN(C(=O)OC(C)(C)C)CC5)CC3)ccc21. The number of fused-ring (bicyclic) bond motifs is 1. The van der Waals surface area contributed by atoms with Crippen LogP contribution in [0.1, 0.15) is 109 Å². The lowest BCUT2D eigenvalue weighted by atomic mass is 9.65. The van der Waals surface area contributed by atoms with Crippen molar-refractivity contribution in [3.63, 3.8) is 0 Å². The molecule has 1 unspecified atom stereocenters. The zero-order valence-electron chi connectivity index (χ0n) is 28.0. The fourth-order valence-electron chi connectivity index (χ4n) is 7.94. The number of carbonyl (C=O) groups is 3. The van der Waals surface area contributed by atoms with Gasteiger partial charge in [-0.1, -0.05) is 6.07 Å². The molecule has 10 nitrogen and oxygen atoms in total. The first-order valence-corrected chi connectivity index (χ1v) is 17.0. The van der Waals surface area contributed by atoms with Crippen LogP contribution in [0.15, 0.2) is 23.0 Å². The summed E-state index contributed by atoms with van der Waals surface area (Å²) in [7, 11) is 1.82. The summed E-state index contributed by atoms with van der Waals surface area (Å²) >= 11 is 0. The number of imide groups is 1. The van der Waals surface area contributed by atoms with Gasteiger partial charge in [0.2, 0.25) is 12.3 Å². The second kappa shape index (κ2) is 13.7. The van der Waals surface area contributed by atoms with Crippen LogP contribution in [0.25, 0.3) is 11.0 Å². The number of nitrogens with one attached hydrogen (secondary N) is 1. The Labute approximate surface area is 267 Å². The van der Waals surface area contributed by atoms with Crippen LogP contribution in [0, 0.1) is 11.3 Å². The minimum atomic E-state index is -0.445. The van der Waals surface area contributed by atoms with Crippen molar-refractivity contribution in [2.24, 2.45) is 18.4 Å². The third-order valence-electron chi connectivity index (χ3n) is 10.8. The van der Waals surface area contributed by atoms with Crippen molar-refractivity contribution in [1.29, 1.82) is 0 Å². The Balaban J connectivity index is 1.10. The highest BCUT2D eigenvalue weighted by atomic mass is 16.6. The van der Waals surface area contributed by atoms with E-state index < -0.39 is 5.60 Å². The van der Waals surface area contributed by atoms with Crippen molar-refractivity contribution >= 4 is 29.4 Å². The maximum absolute atomic E-state index is 13.1. The summed E-state index contributed by atoms with van der Waals surface area (Å²) in [5, 5.41) is 2.17. The molecule has 3 fully saturated rings. The number of carbonyl (C=O) groups excluding carboxylic acids is 3. The summed E-state index contributed by atoms with van der Waals surface area (Å²) in [6.07, 6.45) is 10.5. The van der Waals surface area contributed by atoms with Gasteiger partial charge in [0.05, 0.1) is 11.0 Å². The van der Waals surface area contributed by atoms with E-state index in [1.165, 1.54) is 37.8 Å². The third-order valence-corrected chi connectivity index (χ3v) is 10.8. The molecule has 1 saturated carbocycles. The van der Waals surface area contributed by atoms with E-state index in [0.717, 1.165) is 68.8 Å². The monoisotopic (exact) mass is 623 g/mol. The molecule has 1 N–H and O–H groups in total. The number of nitrogens with zero attached hydrogens (tertiary/aromatic N) is 4. The van der Waals surface area contributed by atoms with E-state index in [1.54, 1.807) is 9.13 Å². The molecule has 2 aromatic rings. The number of hydrogen-bond acceptors (Lipinski definition) is 6. The molecule has 1 spiro atoms. The second-order valence-corrected chi connectivity index (χ2v) is 15.0. The minimum absolute atomic E-state index is 0.0804. The van der Waals surface area contributed by atoms with Crippen LogP contribution < -0.4 is 11.0 Å². The normalized spacial score (nSPS) is 20.8. The zero-order chi connectivity index (χ0) is 32.4. The lowest BCUT2D eigenvalue weighted by Crippen LogP contribution is -2.46. The molecule has 2 saturated heterocycles. The summed E-state index contributed by atoms with van der Waals surface area (Å²) in [5.41, 5.74) is 2.99. The van der Waals surface area contributed by atoms with E-state index >= 15 is 0 Å².